The summed E-state index contributed by atoms with van der Waals surface area (Å²) in [5.74, 6) is 1.53. The zero-order chi connectivity index (χ0) is 16.3. The van der Waals surface area contributed by atoms with Gasteiger partial charge in [0.05, 0.1) is 0 Å². The fourth-order valence-electron chi connectivity index (χ4n) is 3.77. The molecule has 1 amide bonds. The second kappa shape index (κ2) is 7.04. The van der Waals surface area contributed by atoms with Gasteiger partial charge in [0.2, 0.25) is 0 Å². The van der Waals surface area contributed by atoms with E-state index in [0.29, 0.717) is 24.0 Å². The Morgan fingerprint density at radius 2 is 1.96 bits per heavy atom. The van der Waals surface area contributed by atoms with Crippen LogP contribution in [0.1, 0.15) is 74.7 Å². The Balaban J connectivity index is 1.54. The lowest BCUT2D eigenvalue weighted by Gasteiger charge is -2.31. The Morgan fingerprint density at radius 3 is 2.65 bits per heavy atom. The highest BCUT2D eigenvalue weighted by atomic mass is 16.5. The number of nitrogens with zero attached hydrogens (tertiary/aromatic N) is 1. The van der Waals surface area contributed by atoms with Crippen molar-refractivity contribution >= 4 is 5.91 Å². The van der Waals surface area contributed by atoms with Crippen LogP contribution in [0, 0.1) is 11.3 Å². The first-order chi connectivity index (χ1) is 11.1. The molecule has 0 aromatic carbocycles. The molecule has 3 rings (SSSR count). The Morgan fingerprint density at radius 1 is 1.26 bits per heavy atom. The van der Waals surface area contributed by atoms with Crippen LogP contribution in [0.25, 0.3) is 0 Å². The van der Waals surface area contributed by atoms with E-state index in [0.717, 1.165) is 26.1 Å². The summed E-state index contributed by atoms with van der Waals surface area (Å²) in [6.45, 7) is 6.67. The quantitative estimate of drug-likeness (QED) is 0.901. The molecule has 1 N–H and O–H groups in total. The number of carbonyl (C=O) groups is 1. The predicted octanol–water partition coefficient (Wildman–Crippen LogP) is 3.51. The molecule has 0 unspecified atom stereocenters. The first-order valence-corrected chi connectivity index (χ1v) is 8.87. The molecule has 0 bridgehead atoms. The minimum atomic E-state index is -0.127. The van der Waals surface area contributed by atoms with Crippen LogP contribution in [-0.4, -0.2) is 30.6 Å². The van der Waals surface area contributed by atoms with Crippen molar-refractivity contribution < 1.29 is 13.9 Å². The van der Waals surface area contributed by atoms with Gasteiger partial charge in [0, 0.05) is 25.7 Å². The standard InChI is InChI=1S/C18H28N2O3/c1-18(2,14-5-3-4-6-14)12-19-16(21)15-11-23-17(20-15)13-7-9-22-10-8-13/h11,13-14H,3-10,12H2,1-2H3,(H,19,21). The number of nitrogens with one attached hydrogen (secondary N) is 1. The highest BCUT2D eigenvalue weighted by molar-refractivity contribution is 5.91. The van der Waals surface area contributed by atoms with E-state index in [1.165, 1.54) is 31.9 Å². The van der Waals surface area contributed by atoms with Gasteiger partial charge in [-0.1, -0.05) is 26.7 Å². The van der Waals surface area contributed by atoms with Crippen molar-refractivity contribution in [2.75, 3.05) is 19.8 Å². The van der Waals surface area contributed by atoms with Crippen molar-refractivity contribution in [3.05, 3.63) is 17.8 Å². The van der Waals surface area contributed by atoms with Crippen LogP contribution in [0.4, 0.5) is 0 Å². The van der Waals surface area contributed by atoms with Crippen LogP contribution in [0.3, 0.4) is 0 Å². The molecule has 1 aromatic rings. The zero-order valence-corrected chi connectivity index (χ0v) is 14.3. The Kier molecular flexibility index (Phi) is 5.05. The monoisotopic (exact) mass is 320 g/mol. The summed E-state index contributed by atoms with van der Waals surface area (Å²) in [4.78, 5) is 16.7. The van der Waals surface area contributed by atoms with Crippen LogP contribution in [0.15, 0.2) is 10.7 Å². The first-order valence-electron chi connectivity index (χ1n) is 8.87. The third-order valence-electron chi connectivity index (χ3n) is 5.49. The topological polar surface area (TPSA) is 64.4 Å². The van der Waals surface area contributed by atoms with Crippen molar-refractivity contribution in [2.45, 2.75) is 58.3 Å². The van der Waals surface area contributed by atoms with Crippen molar-refractivity contribution in [1.82, 2.24) is 10.3 Å². The molecule has 128 valence electrons. The maximum Gasteiger partial charge on any atom is 0.273 e. The molecule has 1 aliphatic carbocycles. The maximum absolute atomic E-state index is 12.3. The van der Waals surface area contributed by atoms with Crippen LogP contribution >= 0.6 is 0 Å². The van der Waals surface area contributed by atoms with Crippen LogP contribution in [0.2, 0.25) is 0 Å². The minimum absolute atomic E-state index is 0.127. The van der Waals surface area contributed by atoms with Gasteiger partial charge in [-0.05, 0) is 37.0 Å². The van der Waals surface area contributed by atoms with E-state index in [-0.39, 0.29) is 17.2 Å². The largest absolute Gasteiger partial charge is 0.448 e. The van der Waals surface area contributed by atoms with E-state index in [1.807, 2.05) is 0 Å². The number of aromatic nitrogens is 1. The number of hydrogen-bond donors (Lipinski definition) is 1. The normalized spacial score (nSPS) is 20.8. The first kappa shape index (κ1) is 16.5. The van der Waals surface area contributed by atoms with Gasteiger partial charge in [-0.25, -0.2) is 4.98 Å². The molecule has 0 atom stereocenters. The van der Waals surface area contributed by atoms with Gasteiger partial charge in [0.15, 0.2) is 11.6 Å². The lowest BCUT2D eigenvalue weighted by atomic mass is 9.78. The van der Waals surface area contributed by atoms with Crippen molar-refractivity contribution in [2.24, 2.45) is 11.3 Å². The van der Waals surface area contributed by atoms with Crippen LogP contribution < -0.4 is 5.32 Å². The molecular formula is C18H28N2O3. The summed E-state index contributed by atoms with van der Waals surface area (Å²) in [6.07, 6.45) is 8.51. The number of carbonyl (C=O) groups excluding carboxylic acids is 1. The van der Waals surface area contributed by atoms with Gasteiger partial charge >= 0.3 is 0 Å². The third-order valence-corrected chi connectivity index (χ3v) is 5.49. The molecular weight excluding hydrogens is 292 g/mol. The molecule has 1 saturated heterocycles. The van der Waals surface area contributed by atoms with Crippen LogP contribution in [0.5, 0.6) is 0 Å². The molecule has 23 heavy (non-hydrogen) atoms. The summed E-state index contributed by atoms with van der Waals surface area (Å²) in [5.41, 5.74) is 0.535. The van der Waals surface area contributed by atoms with Gasteiger partial charge in [-0.15, -0.1) is 0 Å². The van der Waals surface area contributed by atoms with Crippen molar-refractivity contribution in [1.29, 1.82) is 0 Å². The molecule has 2 fully saturated rings. The Labute approximate surface area is 138 Å². The second-order valence-electron chi connectivity index (χ2n) is 7.61. The van der Waals surface area contributed by atoms with Gasteiger partial charge in [0.25, 0.3) is 5.91 Å². The predicted molar refractivity (Wildman–Crippen MR) is 87.4 cm³/mol. The molecule has 0 spiro atoms. The van der Waals surface area contributed by atoms with Crippen LogP contribution in [-0.2, 0) is 4.74 Å². The average molecular weight is 320 g/mol. The minimum Gasteiger partial charge on any atom is -0.448 e. The second-order valence-corrected chi connectivity index (χ2v) is 7.61. The third kappa shape index (κ3) is 3.94. The van der Waals surface area contributed by atoms with E-state index in [1.54, 1.807) is 0 Å². The lowest BCUT2D eigenvalue weighted by molar-refractivity contribution is 0.0794. The molecule has 5 nitrogen and oxygen atoms in total. The fraction of sp³-hybridized carbons (Fsp3) is 0.778. The summed E-state index contributed by atoms with van der Waals surface area (Å²) in [5, 5.41) is 3.05. The van der Waals surface area contributed by atoms with Gasteiger partial charge in [0.1, 0.15) is 6.26 Å². The lowest BCUT2D eigenvalue weighted by Crippen LogP contribution is -2.38. The Hall–Kier alpha value is -1.36. The molecule has 2 heterocycles. The number of amides is 1. The van der Waals surface area contributed by atoms with E-state index in [2.05, 4.69) is 24.1 Å². The van der Waals surface area contributed by atoms with E-state index < -0.39 is 0 Å². The Bertz CT molecular complexity index is 526. The zero-order valence-electron chi connectivity index (χ0n) is 14.3. The van der Waals surface area contributed by atoms with E-state index in [4.69, 9.17) is 9.15 Å². The summed E-state index contributed by atoms with van der Waals surface area (Å²) >= 11 is 0. The van der Waals surface area contributed by atoms with E-state index >= 15 is 0 Å². The molecule has 1 aromatic heterocycles. The number of hydrogen-bond acceptors (Lipinski definition) is 4. The highest BCUT2D eigenvalue weighted by Crippen LogP contribution is 2.39. The van der Waals surface area contributed by atoms with Gasteiger partial charge < -0.3 is 14.5 Å². The van der Waals surface area contributed by atoms with Crippen molar-refractivity contribution in [3.8, 4) is 0 Å². The molecule has 0 radical (unpaired) electrons. The molecule has 5 heteroatoms. The summed E-state index contributed by atoms with van der Waals surface area (Å²) in [6, 6.07) is 0. The highest BCUT2D eigenvalue weighted by Gasteiger charge is 2.32. The average Bonchev–Trinajstić information content (AvgIpc) is 3.25. The van der Waals surface area contributed by atoms with Gasteiger partial charge in [-0.3, -0.25) is 4.79 Å². The number of oxazole rings is 1. The molecule has 2 aliphatic rings. The number of rotatable bonds is 5. The molecule has 1 saturated carbocycles. The summed E-state index contributed by atoms with van der Waals surface area (Å²) in [7, 11) is 0. The summed E-state index contributed by atoms with van der Waals surface area (Å²) < 4.78 is 10.9. The number of ether oxygens (including phenoxy) is 1. The van der Waals surface area contributed by atoms with Crippen molar-refractivity contribution in [3.63, 3.8) is 0 Å². The maximum atomic E-state index is 12.3. The fourth-order valence-corrected chi connectivity index (χ4v) is 3.77. The van der Waals surface area contributed by atoms with Gasteiger partial charge in [-0.2, -0.15) is 0 Å². The van der Waals surface area contributed by atoms with E-state index in [9.17, 15) is 4.79 Å². The molecule has 1 aliphatic heterocycles. The smallest absolute Gasteiger partial charge is 0.273 e. The SMILES string of the molecule is CC(C)(CNC(=O)c1coc(C2CCOCC2)n1)C1CCCC1.